The molecular formula is C23H20ClF3N7O2+. The smallest absolute Gasteiger partial charge is 0.351 e. The second-order valence-electron chi connectivity index (χ2n) is 7.69. The summed E-state index contributed by atoms with van der Waals surface area (Å²) in [6.45, 7) is -0.951. The van der Waals surface area contributed by atoms with E-state index in [0.29, 0.717) is 21.0 Å². The number of halogens is 4. The fourth-order valence-electron chi connectivity index (χ4n) is 3.43. The third-order valence-electron chi connectivity index (χ3n) is 5.20. The minimum atomic E-state index is -3.53. The Morgan fingerprint density at radius 3 is 2.78 bits per heavy atom. The van der Waals surface area contributed by atoms with E-state index in [1.54, 1.807) is 18.2 Å². The average Bonchev–Trinajstić information content (AvgIpc) is 3.38. The molecule has 1 amide bonds. The van der Waals surface area contributed by atoms with Crippen LogP contribution in [0.25, 0.3) is 5.69 Å². The summed E-state index contributed by atoms with van der Waals surface area (Å²) in [4.78, 5) is 20.2. The number of benzene rings is 1. The number of anilines is 1. The first kappa shape index (κ1) is 24.9. The molecule has 186 valence electrons. The lowest BCUT2D eigenvalue weighted by atomic mass is 10.1. The van der Waals surface area contributed by atoms with E-state index in [1.807, 2.05) is 0 Å². The van der Waals surface area contributed by atoms with Crippen molar-refractivity contribution in [3.05, 3.63) is 95.2 Å². The largest absolute Gasteiger partial charge is 0.361 e. The van der Waals surface area contributed by atoms with Crippen LogP contribution >= 0.6 is 11.6 Å². The molecule has 0 aliphatic heterocycles. The summed E-state index contributed by atoms with van der Waals surface area (Å²) in [6, 6.07) is 10.1. The molecule has 3 N–H and O–H groups in total. The van der Waals surface area contributed by atoms with Crippen LogP contribution in [-0.2, 0) is 23.7 Å². The molecule has 0 radical (unpaired) electrons. The number of nitrogens with one attached hydrogen (secondary N) is 2. The van der Waals surface area contributed by atoms with Crippen molar-refractivity contribution in [3.63, 3.8) is 0 Å². The summed E-state index contributed by atoms with van der Waals surface area (Å²) in [7, 11) is 0. The van der Waals surface area contributed by atoms with Crippen LogP contribution in [0.1, 0.15) is 16.8 Å². The SMILES string of the molecule is O=C(Cc1ccnc(NCC(F)(F)c2cccc[n+]2O)c1F)NCc1cc(Cl)ccc1-n1cncn1. The zero-order chi connectivity index (χ0) is 25.7. The van der Waals surface area contributed by atoms with E-state index < -0.39 is 35.7 Å². The first-order chi connectivity index (χ1) is 17.2. The molecule has 0 unspecified atom stereocenters. The van der Waals surface area contributed by atoms with Gasteiger partial charge < -0.3 is 10.6 Å². The first-order valence-corrected chi connectivity index (χ1v) is 11.0. The zero-order valence-electron chi connectivity index (χ0n) is 18.6. The van der Waals surface area contributed by atoms with Crippen molar-refractivity contribution >= 4 is 23.3 Å². The van der Waals surface area contributed by atoms with E-state index in [4.69, 9.17) is 11.6 Å². The topological polar surface area (TPSA) is 109 Å². The molecule has 13 heteroatoms. The minimum Gasteiger partial charge on any atom is -0.361 e. The molecule has 0 aliphatic rings. The number of amides is 1. The highest BCUT2D eigenvalue weighted by molar-refractivity contribution is 6.30. The number of carbonyl (C=O) groups is 1. The van der Waals surface area contributed by atoms with Crippen molar-refractivity contribution in [2.45, 2.75) is 18.9 Å². The molecule has 0 saturated heterocycles. The summed E-state index contributed by atoms with van der Waals surface area (Å²) in [5.41, 5.74) is 0.595. The Kier molecular flexibility index (Phi) is 7.34. The van der Waals surface area contributed by atoms with Crippen LogP contribution < -0.4 is 15.4 Å². The van der Waals surface area contributed by atoms with Crippen molar-refractivity contribution in [2.24, 2.45) is 0 Å². The Bertz CT molecular complexity index is 1370. The second kappa shape index (κ2) is 10.6. The maximum Gasteiger partial charge on any atom is 0.351 e. The van der Waals surface area contributed by atoms with Gasteiger partial charge in [-0.25, -0.2) is 19.0 Å². The summed E-state index contributed by atoms with van der Waals surface area (Å²) in [6.07, 6.45) is 4.77. The number of aromatic nitrogens is 5. The van der Waals surface area contributed by atoms with Crippen LogP contribution in [0.3, 0.4) is 0 Å². The maximum atomic E-state index is 14.9. The molecule has 4 aromatic rings. The number of hydrogen-bond acceptors (Lipinski definition) is 6. The fourth-order valence-corrected chi connectivity index (χ4v) is 3.63. The quantitative estimate of drug-likeness (QED) is 0.232. The van der Waals surface area contributed by atoms with E-state index in [9.17, 15) is 23.2 Å². The van der Waals surface area contributed by atoms with Gasteiger partial charge >= 0.3 is 11.6 Å². The van der Waals surface area contributed by atoms with Crippen LogP contribution in [0, 0.1) is 5.82 Å². The van der Waals surface area contributed by atoms with Gasteiger partial charge in [-0.2, -0.15) is 13.9 Å². The van der Waals surface area contributed by atoms with Gasteiger partial charge in [-0.15, -0.1) is 0 Å². The molecule has 0 bridgehead atoms. The van der Waals surface area contributed by atoms with Gasteiger partial charge in [-0.05, 0) is 35.9 Å². The number of hydrogen-bond donors (Lipinski definition) is 3. The number of alkyl halides is 2. The van der Waals surface area contributed by atoms with Gasteiger partial charge in [-0.3, -0.25) is 10.0 Å². The van der Waals surface area contributed by atoms with Crippen molar-refractivity contribution in [3.8, 4) is 5.69 Å². The second-order valence-corrected chi connectivity index (χ2v) is 8.12. The molecule has 9 nitrogen and oxygen atoms in total. The molecular weight excluding hydrogens is 499 g/mol. The molecule has 4 rings (SSSR count). The third kappa shape index (κ3) is 5.71. The Morgan fingerprint density at radius 2 is 2.03 bits per heavy atom. The standard InChI is InChI=1S/C23H19ClF3N7O2/c24-17-4-5-18(33-14-28-13-32-33)16(9-17)11-30-20(35)10-15-6-7-29-22(21(15)25)31-12-23(26,27)19-3-1-2-8-34(19)36/h1-9,13-14H,10-12H2,(H2-,29,30,31,35,36)/p+1. The van der Waals surface area contributed by atoms with Crippen molar-refractivity contribution in [2.75, 3.05) is 11.9 Å². The van der Waals surface area contributed by atoms with Gasteiger partial charge in [-0.1, -0.05) is 11.6 Å². The van der Waals surface area contributed by atoms with E-state index in [1.165, 1.54) is 41.7 Å². The lowest BCUT2D eigenvalue weighted by molar-refractivity contribution is -0.913. The molecule has 3 heterocycles. The molecule has 0 fully saturated rings. The number of nitrogens with zero attached hydrogens (tertiary/aromatic N) is 5. The third-order valence-corrected chi connectivity index (χ3v) is 5.43. The minimum absolute atomic E-state index is 0.0344. The lowest BCUT2D eigenvalue weighted by Gasteiger charge is -2.15. The Labute approximate surface area is 208 Å². The van der Waals surface area contributed by atoms with Crippen LogP contribution in [0.4, 0.5) is 19.0 Å². The average molecular weight is 519 g/mol. The molecule has 0 atom stereocenters. The Hall–Kier alpha value is -4.19. The van der Waals surface area contributed by atoms with Gasteiger partial charge in [0.25, 0.3) is 0 Å². The van der Waals surface area contributed by atoms with Gasteiger partial charge in [0, 0.05) is 40.2 Å². The molecule has 0 aliphatic carbocycles. The predicted octanol–water partition coefficient (Wildman–Crippen LogP) is 3.04. The van der Waals surface area contributed by atoms with Crippen LogP contribution in [-0.4, -0.2) is 37.4 Å². The summed E-state index contributed by atoms with van der Waals surface area (Å²) in [5.74, 6) is -5.41. The highest BCUT2D eigenvalue weighted by atomic mass is 35.5. The van der Waals surface area contributed by atoms with Gasteiger partial charge in [0.1, 0.15) is 12.7 Å². The molecule has 1 aromatic carbocycles. The number of pyridine rings is 2. The first-order valence-electron chi connectivity index (χ1n) is 10.6. The molecule has 0 spiro atoms. The molecule has 0 saturated carbocycles. The lowest BCUT2D eigenvalue weighted by Crippen LogP contribution is -2.43. The number of carbonyl (C=O) groups excluding carboxylic acids is 1. The normalized spacial score (nSPS) is 11.3. The predicted molar refractivity (Wildman–Crippen MR) is 122 cm³/mol. The highest BCUT2D eigenvalue weighted by Gasteiger charge is 2.41. The van der Waals surface area contributed by atoms with Gasteiger partial charge in [0.2, 0.25) is 12.1 Å². The van der Waals surface area contributed by atoms with E-state index in [2.05, 4.69) is 25.7 Å². The summed E-state index contributed by atoms with van der Waals surface area (Å²) >= 11 is 6.08. The van der Waals surface area contributed by atoms with Crippen LogP contribution in [0.5, 0.6) is 0 Å². The van der Waals surface area contributed by atoms with E-state index >= 15 is 0 Å². The summed E-state index contributed by atoms with van der Waals surface area (Å²) < 4.78 is 45.7. The maximum absolute atomic E-state index is 14.9. The van der Waals surface area contributed by atoms with E-state index in [0.717, 1.165) is 12.3 Å². The van der Waals surface area contributed by atoms with Crippen LogP contribution in [0.2, 0.25) is 5.02 Å². The van der Waals surface area contributed by atoms with Crippen molar-refractivity contribution in [1.29, 1.82) is 0 Å². The monoisotopic (exact) mass is 518 g/mol. The molecule has 36 heavy (non-hydrogen) atoms. The van der Waals surface area contributed by atoms with Crippen LogP contribution in [0.15, 0.2) is 67.5 Å². The zero-order valence-corrected chi connectivity index (χ0v) is 19.3. The van der Waals surface area contributed by atoms with Gasteiger partial charge in [0.15, 0.2) is 11.6 Å². The van der Waals surface area contributed by atoms with Gasteiger partial charge in [0.05, 0.1) is 18.7 Å². The van der Waals surface area contributed by atoms with Crippen molar-refractivity contribution < 1.29 is 27.9 Å². The Balaban J connectivity index is 1.41. The van der Waals surface area contributed by atoms with Crippen molar-refractivity contribution in [1.82, 2.24) is 25.1 Å². The number of rotatable bonds is 9. The molecule has 3 aromatic heterocycles. The fraction of sp³-hybridized carbons (Fsp3) is 0.174. The summed E-state index contributed by atoms with van der Waals surface area (Å²) in [5, 5.41) is 19.1. The highest BCUT2D eigenvalue weighted by Crippen LogP contribution is 2.26. The Morgan fingerprint density at radius 1 is 1.19 bits per heavy atom. The van der Waals surface area contributed by atoms with E-state index in [-0.39, 0.29) is 18.5 Å².